The third-order valence-corrected chi connectivity index (χ3v) is 2.97. The third-order valence-electron chi connectivity index (χ3n) is 2.97. The van der Waals surface area contributed by atoms with Gasteiger partial charge in [0.2, 0.25) is 0 Å². The fourth-order valence-corrected chi connectivity index (χ4v) is 1.92. The smallest absolute Gasteiger partial charge is 0.0134 e. The highest BCUT2D eigenvalue weighted by atomic mass is 14.2. The van der Waals surface area contributed by atoms with E-state index in [1.807, 2.05) is 0 Å². The minimum atomic E-state index is 0.907. The van der Waals surface area contributed by atoms with Crippen molar-refractivity contribution < 1.29 is 0 Å². The molecule has 0 aliphatic heterocycles. The predicted molar refractivity (Wildman–Crippen MR) is 59.8 cm³/mol. The first-order valence-electron chi connectivity index (χ1n) is 5.40. The Morgan fingerprint density at radius 3 is 2.77 bits per heavy atom. The van der Waals surface area contributed by atoms with Crippen LogP contribution in [0.3, 0.4) is 0 Å². The van der Waals surface area contributed by atoms with Gasteiger partial charge in [-0.05, 0) is 52.4 Å². The van der Waals surface area contributed by atoms with Gasteiger partial charge < -0.3 is 0 Å². The van der Waals surface area contributed by atoms with Crippen molar-refractivity contribution in [2.75, 3.05) is 0 Å². The maximum atomic E-state index is 2.37. The molecular weight excluding hydrogens is 156 g/mol. The van der Waals surface area contributed by atoms with Gasteiger partial charge in [0.25, 0.3) is 0 Å². The van der Waals surface area contributed by atoms with Crippen LogP contribution in [-0.2, 0) is 0 Å². The van der Waals surface area contributed by atoms with Gasteiger partial charge in [-0.1, -0.05) is 29.7 Å². The Hall–Kier alpha value is -0.520. The molecule has 1 aliphatic carbocycles. The number of allylic oxidation sites excluding steroid dienone is 4. The lowest BCUT2D eigenvalue weighted by molar-refractivity contribution is 0.491. The molecule has 1 rings (SSSR count). The van der Waals surface area contributed by atoms with Crippen molar-refractivity contribution in [3.63, 3.8) is 0 Å². The molecule has 0 saturated carbocycles. The van der Waals surface area contributed by atoms with Crippen molar-refractivity contribution >= 4 is 0 Å². The van der Waals surface area contributed by atoms with Crippen LogP contribution < -0.4 is 0 Å². The topological polar surface area (TPSA) is 0 Å². The molecule has 13 heavy (non-hydrogen) atoms. The lowest BCUT2D eigenvalue weighted by Gasteiger charge is -2.22. The van der Waals surface area contributed by atoms with Gasteiger partial charge in [-0.2, -0.15) is 0 Å². The molecule has 0 spiro atoms. The quantitative estimate of drug-likeness (QED) is 0.547. The molecule has 0 N–H and O–H groups in total. The van der Waals surface area contributed by atoms with Crippen molar-refractivity contribution in [3.8, 4) is 0 Å². The average Bonchev–Trinajstić information content (AvgIpc) is 2.06. The van der Waals surface area contributed by atoms with E-state index in [1.54, 1.807) is 11.1 Å². The minimum absolute atomic E-state index is 0.907. The van der Waals surface area contributed by atoms with Gasteiger partial charge in [0.05, 0.1) is 0 Å². The van der Waals surface area contributed by atoms with Crippen LogP contribution in [0.15, 0.2) is 22.8 Å². The first-order valence-corrected chi connectivity index (χ1v) is 5.40. The molecule has 0 radical (unpaired) electrons. The molecular formula is C13H22. The van der Waals surface area contributed by atoms with Gasteiger partial charge >= 0.3 is 0 Å². The molecule has 0 aromatic heterocycles. The highest BCUT2D eigenvalue weighted by Crippen LogP contribution is 2.30. The van der Waals surface area contributed by atoms with Gasteiger partial charge in [-0.3, -0.25) is 0 Å². The van der Waals surface area contributed by atoms with Crippen LogP contribution in [-0.4, -0.2) is 0 Å². The Morgan fingerprint density at radius 1 is 1.46 bits per heavy atom. The molecule has 1 aliphatic rings. The fraction of sp³-hybridized carbons (Fsp3) is 0.692. The van der Waals surface area contributed by atoms with E-state index in [9.17, 15) is 0 Å². The normalized spacial score (nSPS) is 23.2. The summed E-state index contributed by atoms with van der Waals surface area (Å²) in [5, 5.41) is 0. The summed E-state index contributed by atoms with van der Waals surface area (Å²) in [4.78, 5) is 0. The largest absolute Gasteiger partial charge is 0.0818 e. The first-order chi connectivity index (χ1) is 6.09. The number of hydrogen-bond acceptors (Lipinski definition) is 0. The van der Waals surface area contributed by atoms with E-state index >= 15 is 0 Å². The lowest BCUT2D eigenvalue weighted by atomic mass is 9.84. The van der Waals surface area contributed by atoms with Crippen molar-refractivity contribution in [1.82, 2.24) is 0 Å². The highest BCUT2D eigenvalue weighted by molar-refractivity contribution is 5.19. The van der Waals surface area contributed by atoms with E-state index < -0.39 is 0 Å². The van der Waals surface area contributed by atoms with E-state index in [-0.39, 0.29) is 0 Å². The van der Waals surface area contributed by atoms with Gasteiger partial charge in [0.1, 0.15) is 0 Å². The summed E-state index contributed by atoms with van der Waals surface area (Å²) in [6, 6.07) is 0. The van der Waals surface area contributed by atoms with Crippen LogP contribution in [0.2, 0.25) is 0 Å². The van der Waals surface area contributed by atoms with Gasteiger partial charge in [-0.15, -0.1) is 0 Å². The summed E-state index contributed by atoms with van der Waals surface area (Å²) < 4.78 is 0. The second-order valence-corrected chi connectivity index (χ2v) is 4.72. The Kier molecular flexibility index (Phi) is 3.77. The van der Waals surface area contributed by atoms with Crippen LogP contribution in [0.25, 0.3) is 0 Å². The highest BCUT2D eigenvalue weighted by Gasteiger charge is 2.13. The second kappa shape index (κ2) is 4.64. The Balaban J connectivity index is 2.60. The molecule has 74 valence electrons. The van der Waals surface area contributed by atoms with Crippen molar-refractivity contribution in [1.29, 1.82) is 0 Å². The average molecular weight is 178 g/mol. The zero-order valence-corrected chi connectivity index (χ0v) is 9.48. The van der Waals surface area contributed by atoms with Crippen LogP contribution in [0, 0.1) is 5.92 Å². The SMILES string of the molecule is CC(C)=CCC1=C(C)CCC(C)C1. The standard InChI is InChI=1S/C13H22/c1-10(2)5-8-13-9-11(3)6-7-12(13)4/h5,11H,6-9H2,1-4H3. The first kappa shape index (κ1) is 10.6. The van der Waals surface area contributed by atoms with Gasteiger partial charge in [0, 0.05) is 0 Å². The van der Waals surface area contributed by atoms with Crippen LogP contribution >= 0.6 is 0 Å². The number of hydrogen-bond donors (Lipinski definition) is 0. The van der Waals surface area contributed by atoms with Crippen molar-refractivity contribution in [2.45, 2.75) is 53.4 Å². The van der Waals surface area contributed by atoms with E-state index in [0.29, 0.717) is 0 Å². The van der Waals surface area contributed by atoms with Crippen LogP contribution in [0.5, 0.6) is 0 Å². The molecule has 0 nitrogen and oxygen atoms in total. The maximum absolute atomic E-state index is 2.37. The predicted octanol–water partition coefficient (Wildman–Crippen LogP) is 4.48. The Morgan fingerprint density at radius 2 is 2.15 bits per heavy atom. The molecule has 0 bridgehead atoms. The molecule has 0 heteroatoms. The zero-order chi connectivity index (χ0) is 9.84. The third kappa shape index (κ3) is 3.38. The molecule has 1 atom stereocenters. The van der Waals surface area contributed by atoms with Gasteiger partial charge in [0.15, 0.2) is 0 Å². The molecule has 0 amide bonds. The monoisotopic (exact) mass is 178 g/mol. The van der Waals surface area contributed by atoms with E-state index in [1.165, 1.54) is 31.3 Å². The summed E-state index contributed by atoms with van der Waals surface area (Å²) in [6.45, 7) is 9.04. The molecule has 1 unspecified atom stereocenters. The van der Waals surface area contributed by atoms with Crippen LogP contribution in [0.4, 0.5) is 0 Å². The summed E-state index contributed by atoms with van der Waals surface area (Å²) in [7, 11) is 0. The molecule has 0 heterocycles. The minimum Gasteiger partial charge on any atom is -0.0818 e. The maximum Gasteiger partial charge on any atom is -0.0134 e. The Labute approximate surface area is 82.7 Å². The van der Waals surface area contributed by atoms with Crippen molar-refractivity contribution in [3.05, 3.63) is 22.8 Å². The van der Waals surface area contributed by atoms with Crippen molar-refractivity contribution in [2.24, 2.45) is 5.92 Å². The van der Waals surface area contributed by atoms with E-state index in [4.69, 9.17) is 0 Å². The summed E-state index contributed by atoms with van der Waals surface area (Å²) in [5.74, 6) is 0.907. The Bertz CT molecular complexity index is 226. The molecule has 0 fully saturated rings. The molecule has 0 aromatic rings. The summed E-state index contributed by atoms with van der Waals surface area (Å²) in [6.07, 6.45) is 7.60. The van der Waals surface area contributed by atoms with Gasteiger partial charge in [-0.25, -0.2) is 0 Å². The number of rotatable bonds is 2. The fourth-order valence-electron chi connectivity index (χ4n) is 1.92. The second-order valence-electron chi connectivity index (χ2n) is 4.72. The summed E-state index contributed by atoms with van der Waals surface area (Å²) >= 11 is 0. The lowest BCUT2D eigenvalue weighted by Crippen LogP contribution is -2.05. The zero-order valence-electron chi connectivity index (χ0n) is 9.48. The molecule has 0 aromatic carbocycles. The van der Waals surface area contributed by atoms with Crippen LogP contribution in [0.1, 0.15) is 53.4 Å². The van der Waals surface area contributed by atoms with E-state index in [0.717, 1.165) is 5.92 Å². The van der Waals surface area contributed by atoms with E-state index in [2.05, 4.69) is 33.8 Å². The molecule has 0 saturated heterocycles. The summed E-state index contributed by atoms with van der Waals surface area (Å²) in [5.41, 5.74) is 4.79.